The topological polar surface area (TPSA) is 46.5 Å². The number of fused-ring (bicyclic) bond motifs is 1. The maximum atomic E-state index is 12.0. The zero-order valence-corrected chi connectivity index (χ0v) is 10.0. The Labute approximate surface area is 101 Å². The summed E-state index contributed by atoms with van der Waals surface area (Å²) in [6.07, 6.45) is 1.50. The van der Waals surface area contributed by atoms with Crippen molar-refractivity contribution >= 4 is 17.8 Å². The molecule has 0 amide bonds. The van der Waals surface area contributed by atoms with Gasteiger partial charge in [-0.1, -0.05) is 38.1 Å². The predicted molar refractivity (Wildman–Crippen MR) is 66.8 cm³/mol. The van der Waals surface area contributed by atoms with Gasteiger partial charge in [-0.3, -0.25) is 14.6 Å². The highest BCUT2D eigenvalue weighted by molar-refractivity contribution is 6.33. The van der Waals surface area contributed by atoms with Crippen LogP contribution in [0.15, 0.2) is 29.3 Å². The van der Waals surface area contributed by atoms with Gasteiger partial charge in [0, 0.05) is 23.9 Å². The molecule has 17 heavy (non-hydrogen) atoms. The molecule has 0 saturated heterocycles. The molecule has 0 aliphatic heterocycles. The van der Waals surface area contributed by atoms with E-state index >= 15 is 0 Å². The van der Waals surface area contributed by atoms with Crippen LogP contribution < -0.4 is 0 Å². The molecule has 88 valence electrons. The predicted octanol–water partition coefficient (Wildman–Crippen LogP) is 2.41. The summed E-state index contributed by atoms with van der Waals surface area (Å²) >= 11 is 0. The number of nitrogens with zero attached hydrogens (tertiary/aromatic N) is 1. The summed E-state index contributed by atoms with van der Waals surface area (Å²) in [5, 5.41) is 0. The maximum absolute atomic E-state index is 12.0. The van der Waals surface area contributed by atoms with Gasteiger partial charge in [-0.05, 0) is 5.92 Å². The Morgan fingerprint density at radius 1 is 1.18 bits per heavy atom. The highest BCUT2D eigenvalue weighted by Gasteiger charge is 2.36. The van der Waals surface area contributed by atoms with E-state index in [2.05, 4.69) is 4.99 Å². The Kier molecular flexibility index (Phi) is 3.18. The highest BCUT2D eigenvalue weighted by Crippen LogP contribution is 2.25. The van der Waals surface area contributed by atoms with Gasteiger partial charge in [0.05, 0.1) is 0 Å². The van der Waals surface area contributed by atoms with Crippen LogP contribution in [0.4, 0.5) is 0 Å². The van der Waals surface area contributed by atoms with Crippen molar-refractivity contribution in [2.75, 3.05) is 6.54 Å². The van der Waals surface area contributed by atoms with Crippen LogP contribution in [-0.4, -0.2) is 24.3 Å². The molecule has 0 radical (unpaired) electrons. The van der Waals surface area contributed by atoms with E-state index in [1.165, 1.54) is 6.21 Å². The zero-order valence-electron chi connectivity index (χ0n) is 10.0. The van der Waals surface area contributed by atoms with E-state index in [1.54, 1.807) is 24.3 Å². The molecule has 0 saturated carbocycles. The molecule has 1 aromatic rings. The van der Waals surface area contributed by atoms with E-state index in [-0.39, 0.29) is 11.6 Å². The lowest BCUT2D eigenvalue weighted by Gasteiger charge is -2.00. The highest BCUT2D eigenvalue weighted by atomic mass is 16.2. The lowest BCUT2D eigenvalue weighted by Crippen LogP contribution is -2.17. The van der Waals surface area contributed by atoms with E-state index in [9.17, 15) is 9.59 Å². The van der Waals surface area contributed by atoms with Gasteiger partial charge in [-0.15, -0.1) is 0 Å². The number of Topliss-reactive ketones (excluding diaryl/α,β-unsaturated/α-hetero) is 2. The molecule has 1 aliphatic rings. The van der Waals surface area contributed by atoms with Gasteiger partial charge >= 0.3 is 0 Å². The third kappa shape index (κ3) is 2.18. The number of rotatable bonds is 3. The molecule has 1 aromatic carbocycles. The van der Waals surface area contributed by atoms with Gasteiger partial charge in [0.2, 0.25) is 0 Å². The van der Waals surface area contributed by atoms with Gasteiger partial charge in [0.25, 0.3) is 0 Å². The molecule has 2 rings (SSSR count). The lowest BCUT2D eigenvalue weighted by atomic mass is 10.1. The minimum atomic E-state index is -0.703. The smallest absolute Gasteiger partial charge is 0.179 e. The molecule has 3 nitrogen and oxygen atoms in total. The van der Waals surface area contributed by atoms with E-state index < -0.39 is 5.92 Å². The SMILES string of the molecule is CC(C)CN=CC1C(=O)c2ccccc2C1=O. The Bertz CT molecular complexity index is 454. The minimum absolute atomic E-state index is 0.127. The second kappa shape index (κ2) is 4.62. The summed E-state index contributed by atoms with van der Waals surface area (Å²) in [7, 11) is 0. The summed E-state index contributed by atoms with van der Waals surface area (Å²) in [6.45, 7) is 4.74. The van der Waals surface area contributed by atoms with Crippen molar-refractivity contribution in [2.24, 2.45) is 16.8 Å². The van der Waals surface area contributed by atoms with Crippen LogP contribution in [0.5, 0.6) is 0 Å². The van der Waals surface area contributed by atoms with Crippen LogP contribution in [0.25, 0.3) is 0 Å². The fraction of sp³-hybridized carbons (Fsp3) is 0.357. The first-order chi connectivity index (χ1) is 8.11. The van der Waals surface area contributed by atoms with Crippen LogP contribution in [0.3, 0.4) is 0 Å². The Hall–Kier alpha value is -1.77. The largest absolute Gasteiger partial charge is 0.296 e. The monoisotopic (exact) mass is 229 g/mol. The maximum Gasteiger partial charge on any atom is 0.179 e. The zero-order chi connectivity index (χ0) is 12.4. The van der Waals surface area contributed by atoms with Crippen LogP contribution in [-0.2, 0) is 0 Å². The van der Waals surface area contributed by atoms with E-state index in [0.29, 0.717) is 23.6 Å². The van der Waals surface area contributed by atoms with Gasteiger partial charge in [-0.25, -0.2) is 0 Å². The molecular weight excluding hydrogens is 214 g/mol. The molecule has 0 unspecified atom stereocenters. The summed E-state index contributed by atoms with van der Waals surface area (Å²) in [5.74, 6) is -0.525. The Morgan fingerprint density at radius 2 is 1.71 bits per heavy atom. The van der Waals surface area contributed by atoms with Crippen LogP contribution in [0.2, 0.25) is 0 Å². The number of ketones is 2. The quantitative estimate of drug-likeness (QED) is 0.590. The van der Waals surface area contributed by atoms with Crippen molar-refractivity contribution in [3.63, 3.8) is 0 Å². The Balaban J connectivity index is 2.22. The molecule has 0 N–H and O–H groups in total. The second-order valence-electron chi connectivity index (χ2n) is 4.66. The van der Waals surface area contributed by atoms with Crippen LogP contribution in [0.1, 0.15) is 34.6 Å². The first-order valence-electron chi connectivity index (χ1n) is 5.78. The number of carbonyl (C=O) groups is 2. The second-order valence-corrected chi connectivity index (χ2v) is 4.66. The van der Waals surface area contributed by atoms with E-state index in [4.69, 9.17) is 0 Å². The number of benzene rings is 1. The number of hydrogen-bond donors (Lipinski definition) is 0. The first-order valence-corrected chi connectivity index (χ1v) is 5.78. The van der Waals surface area contributed by atoms with Crippen LogP contribution >= 0.6 is 0 Å². The number of carbonyl (C=O) groups excluding carboxylic acids is 2. The van der Waals surface area contributed by atoms with Crippen molar-refractivity contribution in [3.8, 4) is 0 Å². The van der Waals surface area contributed by atoms with Crippen molar-refractivity contribution in [2.45, 2.75) is 13.8 Å². The van der Waals surface area contributed by atoms with Crippen molar-refractivity contribution in [1.29, 1.82) is 0 Å². The number of aliphatic imine (C=N–C) groups is 1. The van der Waals surface area contributed by atoms with Gasteiger partial charge in [0.15, 0.2) is 11.6 Å². The van der Waals surface area contributed by atoms with Gasteiger partial charge < -0.3 is 0 Å². The summed E-state index contributed by atoms with van der Waals surface area (Å²) < 4.78 is 0. The molecule has 1 aliphatic carbocycles. The molecule has 0 aromatic heterocycles. The van der Waals surface area contributed by atoms with Crippen LogP contribution in [0, 0.1) is 11.8 Å². The lowest BCUT2D eigenvalue weighted by molar-refractivity contribution is 0.0886. The summed E-state index contributed by atoms with van der Waals surface area (Å²) in [4.78, 5) is 28.1. The fourth-order valence-electron chi connectivity index (χ4n) is 1.88. The molecule has 0 bridgehead atoms. The van der Waals surface area contributed by atoms with Crippen molar-refractivity contribution < 1.29 is 9.59 Å². The molecule has 0 atom stereocenters. The fourth-order valence-corrected chi connectivity index (χ4v) is 1.88. The van der Waals surface area contributed by atoms with Crippen molar-refractivity contribution in [3.05, 3.63) is 35.4 Å². The normalized spacial score (nSPS) is 16.2. The van der Waals surface area contributed by atoms with Gasteiger partial charge in [-0.2, -0.15) is 0 Å². The molecule has 0 fully saturated rings. The average Bonchev–Trinajstić information content (AvgIpc) is 2.54. The summed E-state index contributed by atoms with van der Waals surface area (Å²) in [5.41, 5.74) is 1.05. The molecule has 0 spiro atoms. The molecule has 0 heterocycles. The Morgan fingerprint density at radius 3 is 2.18 bits per heavy atom. The third-order valence-electron chi connectivity index (χ3n) is 2.75. The van der Waals surface area contributed by atoms with Crippen molar-refractivity contribution in [1.82, 2.24) is 0 Å². The average molecular weight is 229 g/mol. The first kappa shape index (κ1) is 11.7. The summed E-state index contributed by atoms with van der Waals surface area (Å²) in [6, 6.07) is 6.95. The molecule has 3 heteroatoms. The standard InChI is InChI=1S/C14H15NO2/c1-9(2)7-15-8-12-13(16)10-5-3-4-6-11(10)14(12)17/h3-6,8-9,12H,7H2,1-2H3. The minimum Gasteiger partial charge on any atom is -0.296 e. The van der Waals surface area contributed by atoms with E-state index in [0.717, 1.165) is 0 Å². The third-order valence-corrected chi connectivity index (χ3v) is 2.75. The van der Waals surface area contributed by atoms with Gasteiger partial charge in [0.1, 0.15) is 5.92 Å². The van der Waals surface area contributed by atoms with E-state index in [1.807, 2.05) is 13.8 Å². The molecular formula is C14H15NO2. The number of hydrogen-bond acceptors (Lipinski definition) is 3.